The Labute approximate surface area is 120 Å². The van der Waals surface area contributed by atoms with Crippen molar-refractivity contribution >= 4 is 5.91 Å². The molecule has 106 valence electrons. The van der Waals surface area contributed by atoms with E-state index in [-0.39, 0.29) is 5.91 Å². The average molecular weight is 271 g/mol. The van der Waals surface area contributed by atoms with E-state index in [1.807, 2.05) is 13.0 Å². The van der Waals surface area contributed by atoms with Crippen LogP contribution in [0.15, 0.2) is 18.3 Å². The van der Waals surface area contributed by atoms with Gasteiger partial charge in [-0.1, -0.05) is 13.3 Å². The molecule has 1 N–H and O–H groups in total. The Kier molecular flexibility index (Phi) is 4.39. The highest BCUT2D eigenvalue weighted by molar-refractivity contribution is 5.94. The predicted octanol–water partition coefficient (Wildman–Crippen LogP) is 2.98. The number of carbonyl (C=O) groups is 1. The van der Waals surface area contributed by atoms with E-state index in [9.17, 15) is 10.1 Å². The molecule has 4 nitrogen and oxygen atoms in total. The number of nitriles is 1. The molecule has 20 heavy (non-hydrogen) atoms. The number of aromatic nitrogens is 1. The molecule has 1 aliphatic carbocycles. The second-order valence-corrected chi connectivity index (χ2v) is 5.69. The number of rotatable bonds is 3. The van der Waals surface area contributed by atoms with Crippen LogP contribution in [0.5, 0.6) is 0 Å². The van der Waals surface area contributed by atoms with E-state index in [4.69, 9.17) is 0 Å². The van der Waals surface area contributed by atoms with Crippen molar-refractivity contribution in [2.45, 2.75) is 51.5 Å². The maximum atomic E-state index is 12.2. The van der Waals surface area contributed by atoms with E-state index in [0.717, 1.165) is 37.8 Å². The van der Waals surface area contributed by atoms with E-state index < -0.39 is 5.54 Å². The van der Waals surface area contributed by atoms with Crippen molar-refractivity contribution in [1.29, 1.82) is 5.26 Å². The van der Waals surface area contributed by atoms with Crippen molar-refractivity contribution in [3.05, 3.63) is 29.6 Å². The van der Waals surface area contributed by atoms with Crippen LogP contribution in [0.2, 0.25) is 0 Å². The predicted molar refractivity (Wildman–Crippen MR) is 77.0 cm³/mol. The summed E-state index contributed by atoms with van der Waals surface area (Å²) in [6, 6.07) is 5.88. The first-order valence-corrected chi connectivity index (χ1v) is 7.25. The molecule has 0 aromatic carbocycles. The summed E-state index contributed by atoms with van der Waals surface area (Å²) in [4.78, 5) is 16.4. The van der Waals surface area contributed by atoms with E-state index in [0.29, 0.717) is 11.5 Å². The van der Waals surface area contributed by atoms with Crippen LogP contribution in [-0.2, 0) is 0 Å². The molecule has 1 aliphatic rings. The fraction of sp³-hybridized carbons (Fsp3) is 0.562. The van der Waals surface area contributed by atoms with Crippen LogP contribution in [0, 0.1) is 24.2 Å². The van der Waals surface area contributed by atoms with Crippen LogP contribution in [0.4, 0.5) is 0 Å². The Balaban J connectivity index is 2.05. The highest BCUT2D eigenvalue weighted by Crippen LogP contribution is 2.33. The van der Waals surface area contributed by atoms with Gasteiger partial charge < -0.3 is 5.32 Å². The van der Waals surface area contributed by atoms with Crippen molar-refractivity contribution in [2.24, 2.45) is 5.92 Å². The molecule has 1 heterocycles. The van der Waals surface area contributed by atoms with Crippen LogP contribution < -0.4 is 5.32 Å². The van der Waals surface area contributed by atoms with Crippen LogP contribution in [-0.4, -0.2) is 16.4 Å². The SMILES string of the molecule is CCC1CCC(C#N)(NC(=O)c2ccc(C)nc2)CC1. The lowest BCUT2D eigenvalue weighted by molar-refractivity contribution is 0.0891. The van der Waals surface area contributed by atoms with Crippen molar-refractivity contribution in [3.8, 4) is 6.07 Å². The number of carbonyl (C=O) groups excluding carboxylic acids is 1. The minimum Gasteiger partial charge on any atom is -0.334 e. The molecule has 0 unspecified atom stereocenters. The number of pyridine rings is 1. The molecule has 1 aromatic heterocycles. The quantitative estimate of drug-likeness (QED) is 0.919. The summed E-state index contributed by atoms with van der Waals surface area (Å²) in [6.07, 6.45) is 6.22. The summed E-state index contributed by atoms with van der Waals surface area (Å²) in [7, 11) is 0. The molecule has 0 radical (unpaired) electrons. The van der Waals surface area contributed by atoms with Crippen molar-refractivity contribution in [1.82, 2.24) is 10.3 Å². The zero-order valence-corrected chi connectivity index (χ0v) is 12.1. The van der Waals surface area contributed by atoms with Gasteiger partial charge in [0, 0.05) is 11.9 Å². The van der Waals surface area contributed by atoms with Gasteiger partial charge in [0.2, 0.25) is 0 Å². The smallest absolute Gasteiger partial charge is 0.254 e. The molecule has 1 amide bonds. The minimum absolute atomic E-state index is 0.200. The van der Waals surface area contributed by atoms with Crippen molar-refractivity contribution < 1.29 is 4.79 Å². The lowest BCUT2D eigenvalue weighted by atomic mass is 9.76. The molecule has 0 spiro atoms. The molecule has 0 saturated heterocycles. The number of hydrogen-bond donors (Lipinski definition) is 1. The highest BCUT2D eigenvalue weighted by atomic mass is 16.1. The molecule has 1 saturated carbocycles. The maximum Gasteiger partial charge on any atom is 0.254 e. The fourth-order valence-corrected chi connectivity index (χ4v) is 2.74. The second kappa shape index (κ2) is 6.04. The summed E-state index contributed by atoms with van der Waals surface area (Å²) in [6.45, 7) is 4.06. The van der Waals surface area contributed by atoms with Crippen LogP contribution in [0.3, 0.4) is 0 Å². The summed E-state index contributed by atoms with van der Waals surface area (Å²) in [5.41, 5.74) is 0.691. The average Bonchev–Trinajstić information content (AvgIpc) is 2.48. The summed E-state index contributed by atoms with van der Waals surface area (Å²) in [5.74, 6) is 0.489. The summed E-state index contributed by atoms with van der Waals surface area (Å²) in [5, 5.41) is 12.4. The summed E-state index contributed by atoms with van der Waals surface area (Å²) >= 11 is 0. The fourth-order valence-electron chi connectivity index (χ4n) is 2.74. The van der Waals surface area contributed by atoms with Gasteiger partial charge in [0.25, 0.3) is 5.91 Å². The second-order valence-electron chi connectivity index (χ2n) is 5.69. The van der Waals surface area contributed by atoms with Gasteiger partial charge >= 0.3 is 0 Å². The molecular weight excluding hydrogens is 250 g/mol. The van der Waals surface area contributed by atoms with Gasteiger partial charge in [-0.05, 0) is 50.7 Å². The Morgan fingerprint density at radius 1 is 1.50 bits per heavy atom. The van der Waals surface area contributed by atoms with E-state index in [2.05, 4.69) is 23.3 Å². The standard InChI is InChI=1S/C16H21N3O/c1-3-13-6-8-16(11-17,9-7-13)19-15(20)14-5-4-12(2)18-10-14/h4-5,10,13H,3,6-9H2,1-2H3,(H,19,20). The minimum atomic E-state index is -0.701. The third-order valence-corrected chi connectivity index (χ3v) is 4.28. The molecule has 0 bridgehead atoms. The molecule has 1 aromatic rings. The van der Waals surface area contributed by atoms with E-state index in [1.54, 1.807) is 12.3 Å². The van der Waals surface area contributed by atoms with Gasteiger partial charge in [0.05, 0.1) is 11.6 Å². The first kappa shape index (κ1) is 14.5. The molecule has 0 aliphatic heterocycles. The van der Waals surface area contributed by atoms with Gasteiger partial charge in [0.15, 0.2) is 0 Å². The van der Waals surface area contributed by atoms with Crippen LogP contribution >= 0.6 is 0 Å². The number of hydrogen-bond acceptors (Lipinski definition) is 3. The monoisotopic (exact) mass is 271 g/mol. The normalized spacial score (nSPS) is 25.8. The topological polar surface area (TPSA) is 65.8 Å². The Bertz CT molecular complexity index is 508. The molecular formula is C16H21N3O. The molecule has 2 rings (SSSR count). The van der Waals surface area contributed by atoms with Gasteiger partial charge in [-0.25, -0.2) is 0 Å². The number of nitrogens with zero attached hydrogens (tertiary/aromatic N) is 2. The first-order chi connectivity index (χ1) is 9.58. The largest absolute Gasteiger partial charge is 0.334 e. The zero-order chi connectivity index (χ0) is 14.6. The molecule has 0 atom stereocenters. The molecule has 4 heteroatoms. The first-order valence-electron chi connectivity index (χ1n) is 7.25. The van der Waals surface area contributed by atoms with Crippen molar-refractivity contribution in [2.75, 3.05) is 0 Å². The number of nitrogens with one attached hydrogen (secondary N) is 1. The van der Waals surface area contributed by atoms with Gasteiger partial charge in [-0.15, -0.1) is 0 Å². The van der Waals surface area contributed by atoms with E-state index >= 15 is 0 Å². The van der Waals surface area contributed by atoms with Crippen LogP contribution in [0.25, 0.3) is 0 Å². The lowest BCUT2D eigenvalue weighted by Gasteiger charge is -2.35. The summed E-state index contributed by atoms with van der Waals surface area (Å²) < 4.78 is 0. The Morgan fingerprint density at radius 2 is 2.20 bits per heavy atom. The number of aryl methyl sites for hydroxylation is 1. The number of amides is 1. The van der Waals surface area contributed by atoms with E-state index in [1.165, 1.54) is 0 Å². The van der Waals surface area contributed by atoms with Crippen molar-refractivity contribution in [3.63, 3.8) is 0 Å². The van der Waals surface area contributed by atoms with Gasteiger partial charge in [0.1, 0.15) is 5.54 Å². The molecule has 1 fully saturated rings. The van der Waals surface area contributed by atoms with Gasteiger partial charge in [-0.2, -0.15) is 5.26 Å². The zero-order valence-electron chi connectivity index (χ0n) is 12.1. The maximum absolute atomic E-state index is 12.2. The Morgan fingerprint density at radius 3 is 2.70 bits per heavy atom. The third kappa shape index (κ3) is 3.16. The third-order valence-electron chi connectivity index (χ3n) is 4.28. The highest BCUT2D eigenvalue weighted by Gasteiger charge is 2.36. The van der Waals surface area contributed by atoms with Crippen LogP contribution in [0.1, 0.15) is 55.1 Å². The van der Waals surface area contributed by atoms with Gasteiger partial charge in [-0.3, -0.25) is 9.78 Å². The Hall–Kier alpha value is -1.89. The lowest BCUT2D eigenvalue weighted by Crippen LogP contribution is -2.49.